The molecule has 0 aliphatic rings. The minimum absolute atomic E-state index is 0.632. The van der Waals surface area contributed by atoms with E-state index in [1.807, 2.05) is 42.9 Å². The van der Waals surface area contributed by atoms with Gasteiger partial charge in [0.05, 0.1) is 24.4 Å². The molecule has 0 aliphatic heterocycles. The van der Waals surface area contributed by atoms with Crippen LogP contribution in [-0.4, -0.2) is 18.2 Å². The summed E-state index contributed by atoms with van der Waals surface area (Å²) in [4.78, 5) is 4.30. The number of aromatic nitrogens is 1. The van der Waals surface area contributed by atoms with E-state index in [1.165, 1.54) is 0 Å². The molecule has 17 heavy (non-hydrogen) atoms. The highest BCUT2D eigenvalue weighted by molar-refractivity contribution is 7.07. The highest BCUT2D eigenvalue weighted by Gasteiger charge is 2.09. The van der Waals surface area contributed by atoms with Crippen LogP contribution in [-0.2, 0) is 0 Å². The van der Waals surface area contributed by atoms with Crippen molar-refractivity contribution < 1.29 is 9.47 Å². The predicted molar refractivity (Wildman–Crippen MR) is 69.9 cm³/mol. The molecule has 0 spiro atoms. The number of hydrogen-bond acceptors (Lipinski definition) is 4. The zero-order valence-corrected chi connectivity index (χ0v) is 10.8. The molecule has 2 rings (SSSR count). The molecule has 0 fully saturated rings. The maximum atomic E-state index is 5.63. The van der Waals surface area contributed by atoms with Crippen LogP contribution in [0.2, 0.25) is 0 Å². The van der Waals surface area contributed by atoms with Crippen LogP contribution in [0.15, 0.2) is 29.1 Å². The van der Waals surface area contributed by atoms with Gasteiger partial charge in [0.2, 0.25) is 0 Å². The molecular formula is C13H15NO2S. The first-order chi connectivity index (χ1) is 8.35. The smallest absolute Gasteiger partial charge is 0.132 e. The van der Waals surface area contributed by atoms with Crippen molar-refractivity contribution in [1.29, 1.82) is 0 Å². The second-order valence-corrected chi connectivity index (χ2v) is 4.12. The Bertz CT molecular complexity index is 468. The molecule has 0 unspecified atom stereocenters. The minimum atomic E-state index is 0.632. The van der Waals surface area contributed by atoms with E-state index >= 15 is 0 Å². The summed E-state index contributed by atoms with van der Waals surface area (Å²) in [5, 5.41) is 2.01. The highest BCUT2D eigenvalue weighted by Crippen LogP contribution is 2.33. The topological polar surface area (TPSA) is 31.4 Å². The SMILES string of the molecule is CCOc1ccc(-c2cscn2)c(OCC)c1. The molecule has 0 saturated heterocycles. The number of thiazole rings is 1. The summed E-state index contributed by atoms with van der Waals surface area (Å²) in [5.74, 6) is 1.65. The molecule has 2 aromatic rings. The Morgan fingerprint density at radius 1 is 1.18 bits per heavy atom. The Hall–Kier alpha value is -1.55. The second-order valence-electron chi connectivity index (χ2n) is 3.40. The van der Waals surface area contributed by atoms with Gasteiger partial charge < -0.3 is 9.47 Å². The Morgan fingerprint density at radius 2 is 2.00 bits per heavy atom. The average molecular weight is 249 g/mol. The first-order valence-electron chi connectivity index (χ1n) is 5.63. The Balaban J connectivity index is 2.37. The summed E-state index contributed by atoms with van der Waals surface area (Å²) in [6, 6.07) is 5.85. The lowest BCUT2D eigenvalue weighted by atomic mass is 10.1. The van der Waals surface area contributed by atoms with Gasteiger partial charge in [-0.25, -0.2) is 4.98 Å². The van der Waals surface area contributed by atoms with E-state index in [9.17, 15) is 0 Å². The Morgan fingerprint density at radius 3 is 2.65 bits per heavy atom. The van der Waals surface area contributed by atoms with Crippen molar-refractivity contribution in [3.8, 4) is 22.8 Å². The molecular weight excluding hydrogens is 234 g/mol. The van der Waals surface area contributed by atoms with Crippen LogP contribution >= 0.6 is 11.3 Å². The third-order valence-corrected chi connectivity index (χ3v) is 2.86. The number of rotatable bonds is 5. The van der Waals surface area contributed by atoms with Gasteiger partial charge in [0.15, 0.2) is 0 Å². The van der Waals surface area contributed by atoms with E-state index in [2.05, 4.69) is 4.98 Å². The largest absolute Gasteiger partial charge is 0.494 e. The van der Waals surface area contributed by atoms with Gasteiger partial charge in [0, 0.05) is 17.0 Å². The van der Waals surface area contributed by atoms with Gasteiger partial charge in [0.25, 0.3) is 0 Å². The van der Waals surface area contributed by atoms with Crippen molar-refractivity contribution in [2.45, 2.75) is 13.8 Å². The fraction of sp³-hybridized carbons (Fsp3) is 0.308. The van der Waals surface area contributed by atoms with Gasteiger partial charge >= 0.3 is 0 Å². The lowest BCUT2D eigenvalue weighted by Crippen LogP contribution is -1.97. The molecule has 0 N–H and O–H groups in total. The Labute approximate surface area is 105 Å². The van der Waals surface area contributed by atoms with Crippen LogP contribution in [0.3, 0.4) is 0 Å². The zero-order chi connectivity index (χ0) is 12.1. The average Bonchev–Trinajstić information content (AvgIpc) is 2.84. The molecule has 0 radical (unpaired) electrons. The molecule has 90 valence electrons. The van der Waals surface area contributed by atoms with Crippen LogP contribution in [0.1, 0.15) is 13.8 Å². The molecule has 1 aromatic carbocycles. The van der Waals surface area contributed by atoms with Crippen molar-refractivity contribution in [2.24, 2.45) is 0 Å². The number of hydrogen-bond donors (Lipinski definition) is 0. The number of nitrogens with zero attached hydrogens (tertiary/aromatic N) is 1. The summed E-state index contributed by atoms with van der Waals surface area (Å²) in [6.07, 6.45) is 0. The first kappa shape index (κ1) is 11.9. The maximum Gasteiger partial charge on any atom is 0.132 e. The molecule has 1 aromatic heterocycles. The third kappa shape index (κ3) is 2.77. The maximum absolute atomic E-state index is 5.63. The summed E-state index contributed by atoms with van der Waals surface area (Å²) in [6.45, 7) is 5.22. The molecule has 0 aliphatic carbocycles. The van der Waals surface area contributed by atoms with Gasteiger partial charge in [-0.05, 0) is 26.0 Å². The first-order valence-corrected chi connectivity index (χ1v) is 6.57. The van der Waals surface area contributed by atoms with E-state index < -0.39 is 0 Å². The predicted octanol–water partition coefficient (Wildman–Crippen LogP) is 3.61. The molecule has 0 atom stereocenters. The molecule has 3 nitrogen and oxygen atoms in total. The van der Waals surface area contributed by atoms with Gasteiger partial charge in [-0.2, -0.15) is 0 Å². The van der Waals surface area contributed by atoms with Crippen LogP contribution in [0.5, 0.6) is 11.5 Å². The Kier molecular flexibility index (Phi) is 3.98. The van der Waals surface area contributed by atoms with E-state index in [1.54, 1.807) is 11.3 Å². The van der Waals surface area contributed by atoms with Gasteiger partial charge in [0.1, 0.15) is 11.5 Å². The number of benzene rings is 1. The summed E-state index contributed by atoms with van der Waals surface area (Å²) in [5.41, 5.74) is 3.78. The van der Waals surface area contributed by atoms with Crippen LogP contribution < -0.4 is 9.47 Å². The standard InChI is InChI=1S/C13H15NO2S/c1-3-15-10-5-6-11(12-8-17-9-14-12)13(7-10)16-4-2/h5-9H,3-4H2,1-2H3. The van der Waals surface area contributed by atoms with Gasteiger partial charge in [-0.15, -0.1) is 11.3 Å². The fourth-order valence-electron chi connectivity index (χ4n) is 1.59. The van der Waals surface area contributed by atoms with E-state index in [-0.39, 0.29) is 0 Å². The van der Waals surface area contributed by atoms with E-state index in [0.717, 1.165) is 22.8 Å². The zero-order valence-electron chi connectivity index (χ0n) is 9.97. The van der Waals surface area contributed by atoms with Gasteiger partial charge in [-0.3, -0.25) is 0 Å². The fourth-order valence-corrected chi connectivity index (χ4v) is 2.14. The van der Waals surface area contributed by atoms with E-state index in [4.69, 9.17) is 9.47 Å². The van der Waals surface area contributed by atoms with Crippen molar-refractivity contribution in [3.63, 3.8) is 0 Å². The third-order valence-electron chi connectivity index (χ3n) is 2.27. The molecule has 0 amide bonds. The summed E-state index contributed by atoms with van der Waals surface area (Å²) < 4.78 is 11.1. The normalized spacial score (nSPS) is 10.2. The quantitative estimate of drug-likeness (QED) is 0.811. The highest BCUT2D eigenvalue weighted by atomic mass is 32.1. The molecule has 1 heterocycles. The lowest BCUT2D eigenvalue weighted by Gasteiger charge is -2.11. The van der Waals surface area contributed by atoms with Crippen LogP contribution in [0.4, 0.5) is 0 Å². The van der Waals surface area contributed by atoms with Gasteiger partial charge in [-0.1, -0.05) is 0 Å². The summed E-state index contributed by atoms with van der Waals surface area (Å²) in [7, 11) is 0. The number of ether oxygens (including phenoxy) is 2. The lowest BCUT2D eigenvalue weighted by molar-refractivity contribution is 0.324. The van der Waals surface area contributed by atoms with Crippen molar-refractivity contribution in [1.82, 2.24) is 4.98 Å². The van der Waals surface area contributed by atoms with Crippen molar-refractivity contribution in [3.05, 3.63) is 29.1 Å². The van der Waals surface area contributed by atoms with Crippen LogP contribution in [0, 0.1) is 0 Å². The monoisotopic (exact) mass is 249 g/mol. The van der Waals surface area contributed by atoms with Crippen molar-refractivity contribution in [2.75, 3.05) is 13.2 Å². The van der Waals surface area contributed by atoms with E-state index in [0.29, 0.717) is 13.2 Å². The van der Waals surface area contributed by atoms with Crippen molar-refractivity contribution >= 4 is 11.3 Å². The minimum Gasteiger partial charge on any atom is -0.494 e. The molecule has 4 heteroatoms. The summed E-state index contributed by atoms with van der Waals surface area (Å²) >= 11 is 1.58. The molecule has 0 saturated carbocycles. The van der Waals surface area contributed by atoms with Crippen LogP contribution in [0.25, 0.3) is 11.3 Å². The second kappa shape index (κ2) is 5.68. The molecule has 0 bridgehead atoms.